The zero-order valence-electron chi connectivity index (χ0n) is 11.4. The van der Waals surface area contributed by atoms with Crippen molar-refractivity contribution in [3.05, 3.63) is 28.2 Å². The van der Waals surface area contributed by atoms with E-state index in [1.807, 2.05) is 18.2 Å². The van der Waals surface area contributed by atoms with Crippen LogP contribution in [0.3, 0.4) is 0 Å². The molecule has 0 fully saturated rings. The van der Waals surface area contributed by atoms with Crippen molar-refractivity contribution in [2.75, 3.05) is 7.11 Å². The summed E-state index contributed by atoms with van der Waals surface area (Å²) >= 11 is 3.41. The van der Waals surface area contributed by atoms with E-state index < -0.39 is 6.10 Å². The molecule has 0 aliphatic carbocycles. The highest BCUT2D eigenvalue weighted by Crippen LogP contribution is 2.31. The number of benzene rings is 1. The van der Waals surface area contributed by atoms with Crippen molar-refractivity contribution in [2.45, 2.75) is 39.3 Å². The van der Waals surface area contributed by atoms with Gasteiger partial charge in [-0.2, -0.15) is 0 Å². The molecule has 0 spiro atoms. The molecule has 4 heteroatoms. The first kappa shape index (κ1) is 15.5. The highest BCUT2D eigenvalue weighted by molar-refractivity contribution is 9.10. The Balaban J connectivity index is 2.79. The van der Waals surface area contributed by atoms with Crippen LogP contribution in [0.15, 0.2) is 22.7 Å². The second-order valence-electron chi connectivity index (χ2n) is 5.62. The summed E-state index contributed by atoms with van der Waals surface area (Å²) < 4.78 is 6.00. The Morgan fingerprint density at radius 1 is 1.39 bits per heavy atom. The number of hydrogen-bond acceptors (Lipinski definition) is 3. The van der Waals surface area contributed by atoms with Crippen molar-refractivity contribution in [2.24, 2.45) is 11.1 Å². The summed E-state index contributed by atoms with van der Waals surface area (Å²) in [4.78, 5) is 0. The Labute approximate surface area is 117 Å². The van der Waals surface area contributed by atoms with Crippen LogP contribution in [0, 0.1) is 5.41 Å². The van der Waals surface area contributed by atoms with E-state index in [-0.39, 0.29) is 11.5 Å². The number of hydrogen-bond donors (Lipinski definition) is 2. The van der Waals surface area contributed by atoms with E-state index in [0.717, 1.165) is 15.8 Å². The topological polar surface area (TPSA) is 55.5 Å². The minimum absolute atomic E-state index is 0.00924. The molecule has 0 unspecified atom stereocenters. The maximum absolute atomic E-state index is 10.2. The molecule has 2 atom stereocenters. The van der Waals surface area contributed by atoms with E-state index in [1.165, 1.54) is 0 Å². The standard InChI is InChI=1S/C14H22BrNO2/c1-14(2,3)13(16)8-11(17)9-5-6-12(18-4)10(15)7-9/h5-7,11,13,17H,8,16H2,1-4H3/t11-,13-/m1/s1. The first-order valence-corrected chi connectivity index (χ1v) is 6.82. The zero-order valence-corrected chi connectivity index (χ0v) is 13.0. The van der Waals surface area contributed by atoms with Gasteiger partial charge in [-0.3, -0.25) is 0 Å². The van der Waals surface area contributed by atoms with Gasteiger partial charge in [0.2, 0.25) is 0 Å². The number of rotatable bonds is 4. The summed E-state index contributed by atoms with van der Waals surface area (Å²) in [6.07, 6.45) is -0.0103. The number of nitrogens with two attached hydrogens (primary N) is 1. The highest BCUT2D eigenvalue weighted by atomic mass is 79.9. The lowest BCUT2D eigenvalue weighted by atomic mass is 9.83. The predicted octanol–water partition coefficient (Wildman–Crippen LogP) is 3.25. The fourth-order valence-corrected chi connectivity index (χ4v) is 2.18. The van der Waals surface area contributed by atoms with Gasteiger partial charge in [-0.15, -0.1) is 0 Å². The van der Waals surface area contributed by atoms with Gasteiger partial charge < -0.3 is 15.6 Å². The summed E-state index contributed by atoms with van der Waals surface area (Å²) in [5.41, 5.74) is 6.93. The van der Waals surface area contributed by atoms with E-state index in [1.54, 1.807) is 7.11 Å². The maximum atomic E-state index is 10.2. The molecule has 0 aromatic heterocycles. The SMILES string of the molecule is COc1ccc([C@H](O)C[C@@H](N)C(C)(C)C)cc1Br. The van der Waals surface area contributed by atoms with Gasteiger partial charge in [0, 0.05) is 6.04 Å². The average Bonchev–Trinajstić information content (AvgIpc) is 2.27. The van der Waals surface area contributed by atoms with Gasteiger partial charge >= 0.3 is 0 Å². The van der Waals surface area contributed by atoms with Crippen LogP contribution in [0.25, 0.3) is 0 Å². The van der Waals surface area contributed by atoms with E-state index in [2.05, 4.69) is 36.7 Å². The Kier molecular flexibility index (Phi) is 5.20. The third kappa shape index (κ3) is 3.97. The van der Waals surface area contributed by atoms with Gasteiger partial charge in [0.15, 0.2) is 0 Å². The summed E-state index contributed by atoms with van der Waals surface area (Å²) in [6.45, 7) is 6.23. The Hall–Kier alpha value is -0.580. The predicted molar refractivity (Wildman–Crippen MR) is 77.7 cm³/mol. The molecular formula is C14H22BrNO2. The van der Waals surface area contributed by atoms with Crippen molar-refractivity contribution >= 4 is 15.9 Å². The van der Waals surface area contributed by atoms with Gasteiger partial charge in [-0.1, -0.05) is 26.8 Å². The van der Waals surface area contributed by atoms with Crippen molar-refractivity contribution in [1.82, 2.24) is 0 Å². The zero-order chi connectivity index (χ0) is 13.9. The number of ether oxygens (including phenoxy) is 1. The molecule has 0 bridgehead atoms. The number of halogens is 1. The van der Waals surface area contributed by atoms with Crippen LogP contribution >= 0.6 is 15.9 Å². The summed E-state index contributed by atoms with van der Waals surface area (Å²) in [6, 6.07) is 5.53. The summed E-state index contributed by atoms with van der Waals surface area (Å²) in [5.74, 6) is 0.756. The Morgan fingerprint density at radius 2 is 2.00 bits per heavy atom. The average molecular weight is 316 g/mol. The van der Waals surface area contributed by atoms with Crippen molar-refractivity contribution in [3.63, 3.8) is 0 Å². The van der Waals surface area contributed by atoms with Crippen LogP contribution in [-0.2, 0) is 0 Å². The van der Waals surface area contributed by atoms with E-state index in [9.17, 15) is 5.11 Å². The molecule has 0 aliphatic heterocycles. The molecule has 1 aromatic rings. The van der Waals surface area contributed by atoms with E-state index >= 15 is 0 Å². The fraction of sp³-hybridized carbons (Fsp3) is 0.571. The fourth-order valence-electron chi connectivity index (χ4n) is 1.62. The number of aliphatic hydroxyl groups excluding tert-OH is 1. The van der Waals surface area contributed by atoms with Crippen molar-refractivity contribution in [3.8, 4) is 5.75 Å². The maximum Gasteiger partial charge on any atom is 0.133 e. The monoisotopic (exact) mass is 315 g/mol. The molecule has 1 aromatic carbocycles. The lowest BCUT2D eigenvalue weighted by Crippen LogP contribution is -2.36. The van der Waals surface area contributed by atoms with E-state index in [4.69, 9.17) is 10.5 Å². The van der Waals surface area contributed by atoms with Gasteiger partial charge in [0.05, 0.1) is 17.7 Å². The van der Waals surface area contributed by atoms with Crippen molar-refractivity contribution < 1.29 is 9.84 Å². The van der Waals surface area contributed by atoms with Crippen LogP contribution in [0.5, 0.6) is 5.75 Å². The minimum Gasteiger partial charge on any atom is -0.496 e. The normalized spacial score (nSPS) is 15.3. The molecule has 1 rings (SSSR count). The summed E-state index contributed by atoms with van der Waals surface area (Å²) in [5, 5.41) is 10.2. The highest BCUT2D eigenvalue weighted by Gasteiger charge is 2.24. The quantitative estimate of drug-likeness (QED) is 0.896. The minimum atomic E-state index is -0.554. The lowest BCUT2D eigenvalue weighted by Gasteiger charge is -2.29. The third-order valence-electron chi connectivity index (χ3n) is 3.15. The second kappa shape index (κ2) is 6.04. The molecule has 3 nitrogen and oxygen atoms in total. The largest absolute Gasteiger partial charge is 0.496 e. The van der Waals surface area contributed by atoms with Crippen LogP contribution in [0.4, 0.5) is 0 Å². The van der Waals surface area contributed by atoms with E-state index in [0.29, 0.717) is 6.42 Å². The molecule has 102 valence electrons. The Bertz CT molecular complexity index is 401. The van der Waals surface area contributed by atoms with Crippen LogP contribution in [0.1, 0.15) is 38.9 Å². The molecule has 0 radical (unpaired) electrons. The lowest BCUT2D eigenvalue weighted by molar-refractivity contribution is 0.133. The molecule has 18 heavy (non-hydrogen) atoms. The van der Waals surface area contributed by atoms with Gasteiger partial charge in [-0.05, 0) is 45.5 Å². The molecule has 0 heterocycles. The second-order valence-corrected chi connectivity index (χ2v) is 6.47. The smallest absolute Gasteiger partial charge is 0.133 e. The number of aliphatic hydroxyl groups is 1. The number of methoxy groups -OCH3 is 1. The molecule has 0 aliphatic rings. The first-order chi connectivity index (χ1) is 8.25. The summed E-state index contributed by atoms with van der Waals surface area (Å²) in [7, 11) is 1.62. The third-order valence-corrected chi connectivity index (χ3v) is 3.77. The van der Waals surface area contributed by atoms with Gasteiger partial charge in [0.1, 0.15) is 5.75 Å². The van der Waals surface area contributed by atoms with Crippen LogP contribution in [-0.4, -0.2) is 18.3 Å². The molecular weight excluding hydrogens is 294 g/mol. The van der Waals surface area contributed by atoms with Crippen molar-refractivity contribution in [1.29, 1.82) is 0 Å². The van der Waals surface area contributed by atoms with Crippen LogP contribution < -0.4 is 10.5 Å². The molecule has 0 amide bonds. The van der Waals surface area contributed by atoms with Gasteiger partial charge in [-0.25, -0.2) is 0 Å². The molecule has 0 saturated heterocycles. The molecule has 0 saturated carbocycles. The molecule has 3 N–H and O–H groups in total. The van der Waals surface area contributed by atoms with Crippen LogP contribution in [0.2, 0.25) is 0 Å². The van der Waals surface area contributed by atoms with Gasteiger partial charge in [0.25, 0.3) is 0 Å². The Morgan fingerprint density at radius 3 is 2.44 bits per heavy atom. The first-order valence-electron chi connectivity index (χ1n) is 6.02.